The molecule has 0 spiro atoms. The maximum absolute atomic E-state index is 13.9. The molecule has 2 aliphatic rings. The first kappa shape index (κ1) is 22.0. The molecule has 2 unspecified atom stereocenters. The summed E-state index contributed by atoms with van der Waals surface area (Å²) in [5.41, 5.74) is 5.79. The van der Waals surface area contributed by atoms with Gasteiger partial charge in [0.25, 0.3) is 5.92 Å². The summed E-state index contributed by atoms with van der Waals surface area (Å²) in [5, 5.41) is 0.869. The van der Waals surface area contributed by atoms with Crippen LogP contribution in [0.15, 0.2) is 5.38 Å². The number of nitrogens with two attached hydrogens (primary N) is 1. The Bertz CT molecular complexity index is 935. The summed E-state index contributed by atoms with van der Waals surface area (Å²) >= 11 is 0.707. The van der Waals surface area contributed by atoms with Crippen molar-refractivity contribution in [3.8, 4) is 11.5 Å². The van der Waals surface area contributed by atoms with Gasteiger partial charge in [-0.15, -0.1) is 11.3 Å². The molecule has 2 heterocycles. The second-order valence-electron chi connectivity index (χ2n) is 8.16. The van der Waals surface area contributed by atoms with E-state index >= 15 is 0 Å². The number of alkyl halides is 6. The van der Waals surface area contributed by atoms with Crippen molar-refractivity contribution in [2.75, 3.05) is 10.6 Å². The lowest BCUT2D eigenvalue weighted by Gasteiger charge is -2.34. The third-order valence-electron chi connectivity index (χ3n) is 5.52. The summed E-state index contributed by atoms with van der Waals surface area (Å²) in [7, 11) is 0. The highest BCUT2D eigenvalue weighted by atomic mass is 32.1. The van der Waals surface area contributed by atoms with E-state index in [-0.39, 0.29) is 49.1 Å². The number of halogens is 6. The lowest BCUT2D eigenvalue weighted by Crippen LogP contribution is -2.43. The van der Waals surface area contributed by atoms with Gasteiger partial charge in [0, 0.05) is 50.1 Å². The zero-order valence-electron chi connectivity index (χ0n) is 16.5. The van der Waals surface area contributed by atoms with Crippen LogP contribution in [0.3, 0.4) is 0 Å². The van der Waals surface area contributed by atoms with E-state index in [0.717, 1.165) is 0 Å². The Labute approximate surface area is 177 Å². The second-order valence-corrected chi connectivity index (χ2v) is 9.01. The molecular weight excluding hydrogens is 446 g/mol. The van der Waals surface area contributed by atoms with Crippen LogP contribution in [0, 0.1) is 0 Å². The van der Waals surface area contributed by atoms with E-state index in [1.165, 1.54) is 10.3 Å². The minimum Gasteiger partial charge on any atom is -0.368 e. The van der Waals surface area contributed by atoms with E-state index in [1.807, 2.05) is 0 Å². The van der Waals surface area contributed by atoms with Gasteiger partial charge in [0.15, 0.2) is 10.8 Å². The predicted molar refractivity (Wildman–Crippen MR) is 103 cm³/mol. The molecule has 0 radical (unpaired) electrons. The smallest absolute Gasteiger partial charge is 0.296 e. The number of nitrogens with zero attached hydrogens (tertiary/aromatic N) is 5. The highest BCUT2D eigenvalue weighted by Crippen LogP contribution is 2.44. The fourth-order valence-electron chi connectivity index (χ4n) is 4.14. The molecule has 2 saturated carbocycles. The van der Waals surface area contributed by atoms with Crippen LogP contribution in [0.5, 0.6) is 0 Å². The monoisotopic (exact) mass is 466 g/mol. The summed E-state index contributed by atoms with van der Waals surface area (Å²) in [4.78, 5) is 17.4. The van der Waals surface area contributed by atoms with Crippen molar-refractivity contribution >= 4 is 23.2 Å². The standard InChI is InChI=1S/C18H20F6N6S/c1-16(19,20)13-26-11(8-31-13)12-27-14(25)29-15(28-12)30(9-2-4-17(21,22)6-9)10-3-5-18(23,24)7-10/h8-10H,2-7H2,1H3,(H2,25,27,28,29). The molecule has 2 atom stereocenters. The summed E-state index contributed by atoms with van der Waals surface area (Å²) in [6.07, 6.45) is -1.60. The van der Waals surface area contributed by atoms with Gasteiger partial charge in [-0.3, -0.25) is 0 Å². The average molecular weight is 466 g/mol. The largest absolute Gasteiger partial charge is 0.368 e. The highest BCUT2D eigenvalue weighted by molar-refractivity contribution is 7.10. The molecule has 13 heteroatoms. The number of nitrogen functional groups attached to an aromatic ring is 1. The third kappa shape index (κ3) is 4.70. The number of aromatic nitrogens is 4. The van der Waals surface area contributed by atoms with E-state index < -0.39 is 47.7 Å². The summed E-state index contributed by atoms with van der Waals surface area (Å²) in [5.74, 6) is -9.51. The Kier molecular flexibility index (Phi) is 5.30. The molecule has 0 amide bonds. The minimum absolute atomic E-state index is 0.0188. The second kappa shape index (κ2) is 7.45. The molecule has 0 bridgehead atoms. The van der Waals surface area contributed by atoms with Gasteiger partial charge < -0.3 is 10.6 Å². The van der Waals surface area contributed by atoms with Gasteiger partial charge in [0.05, 0.1) is 0 Å². The van der Waals surface area contributed by atoms with E-state index in [2.05, 4.69) is 19.9 Å². The average Bonchev–Trinajstić information content (AvgIpc) is 3.33. The molecule has 31 heavy (non-hydrogen) atoms. The molecule has 170 valence electrons. The summed E-state index contributed by atoms with van der Waals surface area (Å²) < 4.78 is 82.8. The molecule has 0 saturated heterocycles. The maximum Gasteiger partial charge on any atom is 0.296 e. The van der Waals surface area contributed by atoms with Crippen molar-refractivity contribution in [1.29, 1.82) is 0 Å². The number of anilines is 2. The number of rotatable bonds is 5. The van der Waals surface area contributed by atoms with Gasteiger partial charge in [-0.2, -0.15) is 23.7 Å². The van der Waals surface area contributed by atoms with Gasteiger partial charge in [0.1, 0.15) is 5.69 Å². The van der Waals surface area contributed by atoms with E-state index in [4.69, 9.17) is 5.73 Å². The van der Waals surface area contributed by atoms with Crippen LogP contribution >= 0.6 is 11.3 Å². The zero-order valence-corrected chi connectivity index (χ0v) is 17.3. The van der Waals surface area contributed by atoms with Crippen LogP contribution in [-0.2, 0) is 5.92 Å². The first-order valence-electron chi connectivity index (χ1n) is 9.73. The van der Waals surface area contributed by atoms with Crippen LogP contribution in [0.25, 0.3) is 11.5 Å². The maximum atomic E-state index is 13.9. The molecule has 4 rings (SSSR count). The third-order valence-corrected chi connectivity index (χ3v) is 6.54. The fraction of sp³-hybridized carbons (Fsp3) is 0.667. The first-order chi connectivity index (χ1) is 14.3. The normalized spacial score (nSPS) is 25.1. The van der Waals surface area contributed by atoms with Crippen molar-refractivity contribution in [3.63, 3.8) is 0 Å². The lowest BCUT2D eigenvalue weighted by atomic mass is 10.1. The van der Waals surface area contributed by atoms with Gasteiger partial charge in [0.2, 0.25) is 23.7 Å². The van der Waals surface area contributed by atoms with E-state index in [9.17, 15) is 26.3 Å². The van der Waals surface area contributed by atoms with Gasteiger partial charge in [-0.1, -0.05) is 0 Å². The Balaban J connectivity index is 1.72. The number of thiazole rings is 1. The molecule has 2 aromatic heterocycles. The lowest BCUT2D eigenvalue weighted by molar-refractivity contribution is 0.00534. The van der Waals surface area contributed by atoms with Crippen molar-refractivity contribution in [3.05, 3.63) is 10.4 Å². The van der Waals surface area contributed by atoms with Crippen molar-refractivity contribution in [1.82, 2.24) is 19.9 Å². The zero-order chi connectivity index (χ0) is 22.6. The topological polar surface area (TPSA) is 80.8 Å². The van der Waals surface area contributed by atoms with E-state index in [1.54, 1.807) is 0 Å². The quantitative estimate of drug-likeness (QED) is 0.634. The molecule has 0 aromatic carbocycles. The molecule has 2 aliphatic carbocycles. The van der Waals surface area contributed by atoms with Gasteiger partial charge >= 0.3 is 0 Å². The molecule has 2 fully saturated rings. The summed E-state index contributed by atoms with van der Waals surface area (Å²) in [6, 6.07) is -1.51. The van der Waals surface area contributed by atoms with Gasteiger partial charge in [-0.25, -0.2) is 22.5 Å². The molecule has 2 N–H and O–H groups in total. The Hall–Kier alpha value is -2.18. The number of hydrogen-bond donors (Lipinski definition) is 1. The minimum atomic E-state index is -3.17. The molecular formula is C18H20F6N6S. The Morgan fingerprint density at radius 2 is 1.58 bits per heavy atom. The van der Waals surface area contributed by atoms with Crippen LogP contribution < -0.4 is 10.6 Å². The van der Waals surface area contributed by atoms with Crippen LogP contribution in [0.4, 0.5) is 38.2 Å². The molecule has 6 nitrogen and oxygen atoms in total. The number of hydrogen-bond acceptors (Lipinski definition) is 7. The summed E-state index contributed by atoms with van der Waals surface area (Å²) in [6.45, 7) is 0.699. The fourth-order valence-corrected chi connectivity index (χ4v) is 4.88. The van der Waals surface area contributed by atoms with Crippen LogP contribution in [-0.4, -0.2) is 43.9 Å². The van der Waals surface area contributed by atoms with Crippen molar-refractivity contribution in [2.24, 2.45) is 0 Å². The SMILES string of the molecule is CC(F)(F)c1nc(-c2nc(N)nc(N(C3CCC(F)(F)C3)C3CCC(F)(F)C3)n2)cs1. The Morgan fingerprint density at radius 3 is 2.03 bits per heavy atom. The van der Waals surface area contributed by atoms with Crippen molar-refractivity contribution in [2.45, 2.75) is 75.3 Å². The van der Waals surface area contributed by atoms with Crippen LogP contribution in [0.2, 0.25) is 0 Å². The molecule has 0 aliphatic heterocycles. The Morgan fingerprint density at radius 1 is 1.00 bits per heavy atom. The molecule has 2 aromatic rings. The highest BCUT2D eigenvalue weighted by Gasteiger charge is 2.49. The van der Waals surface area contributed by atoms with E-state index in [0.29, 0.717) is 18.3 Å². The van der Waals surface area contributed by atoms with Crippen LogP contribution in [0.1, 0.15) is 50.5 Å². The first-order valence-corrected chi connectivity index (χ1v) is 10.6. The van der Waals surface area contributed by atoms with Crippen molar-refractivity contribution < 1.29 is 26.3 Å². The predicted octanol–water partition coefficient (Wildman–Crippen LogP) is 4.87. The van der Waals surface area contributed by atoms with Gasteiger partial charge in [-0.05, 0) is 12.8 Å².